The van der Waals surface area contributed by atoms with Gasteiger partial charge in [-0.3, -0.25) is 4.68 Å². The minimum atomic E-state index is -0.0116. The van der Waals surface area contributed by atoms with Gasteiger partial charge in [0, 0.05) is 43.1 Å². The number of fused-ring (bicyclic) bond motifs is 1. The van der Waals surface area contributed by atoms with Crippen LogP contribution >= 0.6 is 0 Å². The number of aromatic nitrogens is 4. The van der Waals surface area contributed by atoms with Gasteiger partial charge in [-0.15, -0.1) is 0 Å². The Kier molecular flexibility index (Phi) is 4.85. The zero-order valence-corrected chi connectivity index (χ0v) is 16.5. The van der Waals surface area contributed by atoms with E-state index in [-0.39, 0.29) is 12.1 Å². The lowest BCUT2D eigenvalue weighted by molar-refractivity contribution is 0.117. The van der Waals surface area contributed by atoms with Crippen LogP contribution in [-0.4, -0.2) is 50.3 Å². The van der Waals surface area contributed by atoms with Gasteiger partial charge in [0.1, 0.15) is 5.82 Å². The number of hydrogen-bond acceptors (Lipinski definition) is 4. The van der Waals surface area contributed by atoms with Crippen molar-refractivity contribution >= 4 is 6.03 Å². The first-order valence-corrected chi connectivity index (χ1v) is 9.92. The summed E-state index contributed by atoms with van der Waals surface area (Å²) in [6, 6.07) is 2.35. The molecule has 1 aliphatic carbocycles. The highest BCUT2D eigenvalue weighted by atomic mass is 16.2. The third-order valence-corrected chi connectivity index (χ3v) is 5.60. The Labute approximate surface area is 160 Å². The van der Waals surface area contributed by atoms with E-state index in [0.29, 0.717) is 26.1 Å². The van der Waals surface area contributed by atoms with E-state index < -0.39 is 0 Å². The van der Waals surface area contributed by atoms with E-state index in [1.807, 2.05) is 16.5 Å². The first kappa shape index (κ1) is 17.9. The molecule has 0 bridgehead atoms. The molecule has 2 aliphatic rings. The maximum absolute atomic E-state index is 12.3. The third kappa shape index (κ3) is 3.68. The molecule has 0 spiro atoms. The summed E-state index contributed by atoms with van der Waals surface area (Å²) in [7, 11) is 0. The Balaban J connectivity index is 1.26. The van der Waals surface area contributed by atoms with Crippen LogP contribution in [0.3, 0.4) is 0 Å². The fourth-order valence-corrected chi connectivity index (χ4v) is 4.14. The number of nitrogens with zero attached hydrogens (tertiary/aromatic N) is 5. The van der Waals surface area contributed by atoms with Gasteiger partial charge in [-0.25, -0.2) is 14.8 Å². The molecule has 2 aromatic heterocycles. The van der Waals surface area contributed by atoms with Crippen LogP contribution in [0.5, 0.6) is 0 Å². The van der Waals surface area contributed by atoms with E-state index in [2.05, 4.69) is 35.3 Å². The van der Waals surface area contributed by atoms with Crippen molar-refractivity contribution in [3.05, 3.63) is 40.2 Å². The normalized spacial score (nSPS) is 16.8. The number of rotatable bonds is 4. The number of carbonyl (C=O) groups is 1. The van der Waals surface area contributed by atoms with Crippen LogP contribution in [0.1, 0.15) is 53.0 Å². The smallest absolute Gasteiger partial charge is 0.317 e. The molecular weight excluding hydrogens is 340 g/mol. The van der Waals surface area contributed by atoms with E-state index in [9.17, 15) is 4.79 Å². The summed E-state index contributed by atoms with van der Waals surface area (Å²) < 4.78 is 2.03. The minimum Gasteiger partial charge on any atom is -0.338 e. The largest absolute Gasteiger partial charge is 0.338 e. The number of likely N-dealkylation sites (tertiary alicyclic amines) is 1. The lowest BCUT2D eigenvalue weighted by atomic mass is 9.95. The lowest BCUT2D eigenvalue weighted by Crippen LogP contribution is -2.54. The molecule has 1 fully saturated rings. The second kappa shape index (κ2) is 7.29. The molecule has 4 rings (SSSR count). The molecule has 0 radical (unpaired) electrons. The Bertz CT molecular complexity index is 852. The zero-order valence-electron chi connectivity index (χ0n) is 16.5. The summed E-state index contributed by atoms with van der Waals surface area (Å²) >= 11 is 0. The van der Waals surface area contributed by atoms with Crippen LogP contribution in [-0.2, 0) is 19.3 Å². The molecule has 144 valence electrons. The summed E-state index contributed by atoms with van der Waals surface area (Å²) in [5.41, 5.74) is 5.83. The fraction of sp³-hybridized carbons (Fsp3) is 0.600. The molecule has 0 atom stereocenters. The van der Waals surface area contributed by atoms with Crippen molar-refractivity contribution in [2.24, 2.45) is 0 Å². The maximum Gasteiger partial charge on any atom is 0.317 e. The Morgan fingerprint density at radius 1 is 1.19 bits per heavy atom. The molecule has 0 aromatic carbocycles. The van der Waals surface area contributed by atoms with Gasteiger partial charge >= 0.3 is 6.03 Å². The van der Waals surface area contributed by atoms with Gasteiger partial charge in [-0.05, 0) is 58.1 Å². The first-order chi connectivity index (χ1) is 13.0. The van der Waals surface area contributed by atoms with E-state index in [4.69, 9.17) is 4.98 Å². The van der Waals surface area contributed by atoms with Gasteiger partial charge in [0.25, 0.3) is 0 Å². The van der Waals surface area contributed by atoms with Crippen molar-refractivity contribution in [3.8, 4) is 0 Å². The highest BCUT2D eigenvalue weighted by Gasteiger charge is 2.33. The van der Waals surface area contributed by atoms with Gasteiger partial charge in [-0.2, -0.15) is 5.10 Å². The maximum atomic E-state index is 12.3. The number of carbonyl (C=O) groups excluding carboxylic acids is 1. The van der Waals surface area contributed by atoms with E-state index in [0.717, 1.165) is 35.7 Å². The molecule has 2 aromatic rings. The summed E-state index contributed by atoms with van der Waals surface area (Å²) in [6.45, 7) is 8.12. The Morgan fingerprint density at radius 3 is 2.70 bits per heavy atom. The summed E-state index contributed by atoms with van der Waals surface area (Å²) in [4.78, 5) is 23.5. The molecule has 7 nitrogen and oxygen atoms in total. The summed E-state index contributed by atoms with van der Waals surface area (Å²) in [5, 5.41) is 7.51. The molecule has 1 saturated heterocycles. The summed E-state index contributed by atoms with van der Waals surface area (Å²) in [6.07, 6.45) is 5.28. The Morgan fingerprint density at radius 2 is 1.96 bits per heavy atom. The zero-order chi connectivity index (χ0) is 19.0. The predicted octanol–water partition coefficient (Wildman–Crippen LogP) is 2.29. The van der Waals surface area contributed by atoms with E-state index in [1.54, 1.807) is 0 Å². The van der Waals surface area contributed by atoms with Crippen molar-refractivity contribution in [1.29, 1.82) is 0 Å². The van der Waals surface area contributed by atoms with Crippen molar-refractivity contribution in [2.45, 2.75) is 58.9 Å². The standard InChI is InChI=1S/C20H28N6O/c1-13-10-14(2)26(24-13)16-11-25(12-16)20(27)21-9-8-19-22-15(3)17-6-4-5-7-18(17)23-19/h10,16H,4-9,11-12H2,1-3H3,(H,21,27). The van der Waals surface area contributed by atoms with Crippen LogP contribution in [0.2, 0.25) is 0 Å². The highest BCUT2D eigenvalue weighted by molar-refractivity contribution is 5.75. The van der Waals surface area contributed by atoms with Gasteiger partial charge < -0.3 is 10.2 Å². The van der Waals surface area contributed by atoms with Crippen LogP contribution < -0.4 is 5.32 Å². The second-order valence-corrected chi connectivity index (χ2v) is 7.77. The Hall–Kier alpha value is -2.44. The van der Waals surface area contributed by atoms with Gasteiger partial charge in [-0.1, -0.05) is 0 Å². The minimum absolute atomic E-state index is 0.0116. The van der Waals surface area contributed by atoms with Crippen molar-refractivity contribution in [3.63, 3.8) is 0 Å². The SMILES string of the molecule is Cc1cc(C)n(C2CN(C(=O)NCCc3nc(C)c4c(n3)CCCC4)C2)n1. The number of nitrogens with one attached hydrogen (secondary N) is 1. The monoisotopic (exact) mass is 368 g/mol. The molecule has 3 heterocycles. The molecule has 0 saturated carbocycles. The van der Waals surface area contributed by atoms with Crippen LogP contribution in [0, 0.1) is 20.8 Å². The highest BCUT2D eigenvalue weighted by Crippen LogP contribution is 2.23. The van der Waals surface area contributed by atoms with Crippen LogP contribution in [0.15, 0.2) is 6.07 Å². The van der Waals surface area contributed by atoms with Gasteiger partial charge in [0.05, 0.1) is 11.7 Å². The molecule has 1 N–H and O–H groups in total. The average Bonchev–Trinajstić information content (AvgIpc) is 2.92. The molecule has 7 heteroatoms. The number of hydrogen-bond donors (Lipinski definition) is 1. The van der Waals surface area contributed by atoms with E-state index >= 15 is 0 Å². The second-order valence-electron chi connectivity index (χ2n) is 7.77. The quantitative estimate of drug-likeness (QED) is 0.898. The number of amides is 2. The fourth-order valence-electron chi connectivity index (χ4n) is 4.14. The lowest BCUT2D eigenvalue weighted by Gasteiger charge is -2.39. The van der Waals surface area contributed by atoms with Crippen molar-refractivity contribution < 1.29 is 4.79 Å². The van der Waals surface area contributed by atoms with Gasteiger partial charge in [0.2, 0.25) is 0 Å². The number of aryl methyl sites for hydroxylation is 4. The molecular formula is C20H28N6O. The van der Waals surface area contributed by atoms with Crippen LogP contribution in [0.4, 0.5) is 4.79 Å². The van der Waals surface area contributed by atoms with Gasteiger partial charge in [0.15, 0.2) is 0 Å². The average molecular weight is 368 g/mol. The molecule has 27 heavy (non-hydrogen) atoms. The van der Waals surface area contributed by atoms with E-state index in [1.165, 1.54) is 24.1 Å². The number of urea groups is 1. The van der Waals surface area contributed by atoms with Crippen molar-refractivity contribution in [2.75, 3.05) is 19.6 Å². The topological polar surface area (TPSA) is 75.9 Å². The summed E-state index contributed by atoms with van der Waals surface area (Å²) in [5.74, 6) is 0.845. The van der Waals surface area contributed by atoms with Crippen molar-refractivity contribution in [1.82, 2.24) is 30.0 Å². The first-order valence-electron chi connectivity index (χ1n) is 9.92. The molecule has 0 unspecified atom stereocenters. The van der Waals surface area contributed by atoms with Crippen LogP contribution in [0.25, 0.3) is 0 Å². The molecule has 1 aliphatic heterocycles. The third-order valence-electron chi connectivity index (χ3n) is 5.60. The molecule has 2 amide bonds. The predicted molar refractivity (Wildman–Crippen MR) is 103 cm³/mol.